The van der Waals surface area contributed by atoms with Crippen LogP contribution < -0.4 is 0 Å². The zero-order valence-electron chi connectivity index (χ0n) is 11.7. The topological polar surface area (TPSA) is 12.5 Å². The van der Waals surface area contributed by atoms with Crippen LogP contribution in [0.4, 0.5) is 0 Å². The first-order valence-corrected chi connectivity index (χ1v) is 12.3. The molecule has 21 heavy (non-hydrogen) atoms. The quantitative estimate of drug-likeness (QED) is 0.459. The minimum absolute atomic E-state index is 0.508. The van der Waals surface area contributed by atoms with E-state index >= 15 is 0 Å². The Morgan fingerprint density at radius 1 is 0.857 bits per heavy atom. The molecule has 3 saturated heterocycles. The first-order chi connectivity index (χ1) is 10.3. The van der Waals surface area contributed by atoms with Crippen molar-refractivity contribution in [2.75, 3.05) is 35.4 Å². The second kappa shape index (κ2) is 7.22. The van der Waals surface area contributed by atoms with Crippen molar-refractivity contribution in [2.24, 2.45) is 0 Å². The highest BCUT2D eigenvalue weighted by molar-refractivity contribution is 8.09. The highest BCUT2D eigenvalue weighted by Gasteiger charge is 2.24. The van der Waals surface area contributed by atoms with Gasteiger partial charge in [0.1, 0.15) is 0 Å². The van der Waals surface area contributed by atoms with Crippen LogP contribution >= 0.6 is 58.8 Å². The molecule has 3 heterocycles. The Balaban J connectivity index is 1.40. The van der Waals surface area contributed by atoms with Crippen LogP contribution in [0.5, 0.6) is 0 Å². The summed E-state index contributed by atoms with van der Waals surface area (Å²) < 4.78 is 5.33. The smallest absolute Gasteiger partial charge is 0.0903 e. The van der Waals surface area contributed by atoms with Gasteiger partial charge in [-0.25, -0.2) is 0 Å². The van der Waals surface area contributed by atoms with Crippen molar-refractivity contribution in [3.63, 3.8) is 0 Å². The molecule has 0 spiro atoms. The minimum atomic E-state index is 0.508. The largest absolute Gasteiger partial charge is 0.372 e. The molecule has 0 aliphatic carbocycles. The molecule has 3 unspecified atom stereocenters. The Morgan fingerprint density at radius 3 is 1.67 bits per heavy atom. The van der Waals surface area contributed by atoms with Crippen LogP contribution in [0, 0.1) is 0 Å². The van der Waals surface area contributed by atoms with Crippen LogP contribution in [-0.4, -0.2) is 52.0 Å². The van der Waals surface area contributed by atoms with Crippen LogP contribution in [0.3, 0.4) is 0 Å². The molecule has 1 aromatic carbocycles. The lowest BCUT2D eigenvalue weighted by atomic mass is 10.4. The van der Waals surface area contributed by atoms with Gasteiger partial charge in [0, 0.05) is 54.0 Å². The lowest BCUT2D eigenvalue weighted by Gasteiger charge is -2.09. The van der Waals surface area contributed by atoms with E-state index in [9.17, 15) is 0 Å². The molecule has 3 fully saturated rings. The predicted molar refractivity (Wildman–Crippen MR) is 101 cm³/mol. The molecule has 0 saturated carbocycles. The summed E-state index contributed by atoms with van der Waals surface area (Å²) in [5, 5.41) is 1.82. The Labute approximate surface area is 147 Å². The van der Waals surface area contributed by atoms with E-state index in [0.717, 1.165) is 22.9 Å². The number of benzene rings is 1. The van der Waals surface area contributed by atoms with Crippen molar-refractivity contribution in [3.05, 3.63) is 18.2 Å². The number of hydrogen-bond donors (Lipinski definition) is 0. The van der Waals surface area contributed by atoms with E-state index in [1.54, 1.807) is 0 Å². The van der Waals surface area contributed by atoms with Gasteiger partial charge in [0.2, 0.25) is 0 Å². The lowest BCUT2D eigenvalue weighted by molar-refractivity contribution is 0.426. The van der Waals surface area contributed by atoms with Crippen molar-refractivity contribution in [2.45, 2.75) is 31.3 Å². The number of hydrogen-bond acceptors (Lipinski definition) is 6. The number of ether oxygens (including phenoxy) is 1. The molecule has 0 aromatic heterocycles. The highest BCUT2D eigenvalue weighted by Crippen LogP contribution is 2.40. The molecule has 1 aromatic rings. The van der Waals surface area contributed by atoms with Crippen LogP contribution in [0.2, 0.25) is 0 Å². The zero-order valence-corrected chi connectivity index (χ0v) is 15.7. The first-order valence-electron chi connectivity index (χ1n) is 7.23. The van der Waals surface area contributed by atoms with Crippen LogP contribution in [0.1, 0.15) is 0 Å². The van der Waals surface area contributed by atoms with Crippen molar-refractivity contribution in [3.8, 4) is 0 Å². The summed E-state index contributed by atoms with van der Waals surface area (Å²) in [6, 6.07) is 7.15. The van der Waals surface area contributed by atoms with E-state index in [0.29, 0.717) is 6.10 Å². The molecular weight excluding hydrogens is 356 g/mol. The van der Waals surface area contributed by atoms with Crippen LogP contribution in [0.15, 0.2) is 32.9 Å². The van der Waals surface area contributed by atoms with E-state index in [4.69, 9.17) is 4.74 Å². The fourth-order valence-corrected chi connectivity index (χ4v) is 6.89. The lowest BCUT2D eigenvalue weighted by Crippen LogP contribution is -1.92. The maximum atomic E-state index is 5.33. The summed E-state index contributed by atoms with van der Waals surface area (Å²) in [5.41, 5.74) is 0. The molecule has 0 amide bonds. The van der Waals surface area contributed by atoms with Crippen LogP contribution in [-0.2, 0) is 4.74 Å². The maximum Gasteiger partial charge on any atom is 0.0903 e. The standard InChI is InChI=1S/C15H18OS5/c1-11(17-5-10-4-16-10)2-13(19-7-15-9-21-15)3-12(1)18-6-14-8-20-14/h1-3,10,14-15H,4-9H2. The van der Waals surface area contributed by atoms with Crippen molar-refractivity contribution in [1.82, 2.24) is 0 Å². The van der Waals surface area contributed by atoms with Gasteiger partial charge in [-0.3, -0.25) is 0 Å². The number of thioether (sulfide) groups is 5. The van der Waals surface area contributed by atoms with Gasteiger partial charge in [-0.15, -0.1) is 35.3 Å². The first kappa shape index (κ1) is 15.5. The Bertz CT molecular complexity index is 413. The van der Waals surface area contributed by atoms with Gasteiger partial charge in [0.15, 0.2) is 0 Å². The summed E-state index contributed by atoms with van der Waals surface area (Å²) in [6.07, 6.45) is 0.508. The average Bonchev–Trinajstić information content (AvgIpc) is 3.38. The molecule has 114 valence electrons. The van der Waals surface area contributed by atoms with Gasteiger partial charge >= 0.3 is 0 Å². The van der Waals surface area contributed by atoms with Crippen molar-refractivity contribution < 1.29 is 4.74 Å². The summed E-state index contributed by atoms with van der Waals surface area (Å²) in [5.74, 6) is 6.37. The van der Waals surface area contributed by atoms with Gasteiger partial charge < -0.3 is 4.74 Å². The fourth-order valence-electron chi connectivity index (χ4n) is 1.86. The summed E-state index contributed by atoms with van der Waals surface area (Å²) in [4.78, 5) is 4.33. The summed E-state index contributed by atoms with van der Waals surface area (Å²) in [6.45, 7) is 0.959. The van der Waals surface area contributed by atoms with Gasteiger partial charge in [-0.1, -0.05) is 0 Å². The predicted octanol–water partition coefficient (Wildman–Crippen LogP) is 4.59. The Kier molecular flexibility index (Phi) is 5.32. The minimum Gasteiger partial charge on any atom is -0.372 e. The molecule has 1 nitrogen and oxygen atoms in total. The van der Waals surface area contributed by atoms with Gasteiger partial charge in [-0.2, -0.15) is 23.5 Å². The van der Waals surface area contributed by atoms with Crippen molar-refractivity contribution >= 4 is 58.8 Å². The third-order valence-electron chi connectivity index (χ3n) is 3.37. The van der Waals surface area contributed by atoms with Gasteiger partial charge in [-0.05, 0) is 18.2 Å². The third-order valence-corrected chi connectivity index (χ3v) is 9.12. The highest BCUT2D eigenvalue weighted by atomic mass is 32.2. The third kappa shape index (κ3) is 5.50. The second-order valence-corrected chi connectivity index (χ2v) is 11.4. The van der Waals surface area contributed by atoms with E-state index in [1.807, 2.05) is 35.3 Å². The monoisotopic (exact) mass is 374 g/mol. The second-order valence-electron chi connectivity index (χ2n) is 5.44. The molecule has 3 atom stereocenters. The van der Waals surface area contributed by atoms with Gasteiger partial charge in [0.25, 0.3) is 0 Å². The fraction of sp³-hybridized carbons (Fsp3) is 0.600. The molecule has 0 radical (unpaired) electrons. The van der Waals surface area contributed by atoms with E-state index in [1.165, 1.54) is 37.7 Å². The molecular formula is C15H18OS5. The molecule has 6 heteroatoms. The number of epoxide rings is 1. The molecule has 0 bridgehead atoms. The van der Waals surface area contributed by atoms with Crippen molar-refractivity contribution in [1.29, 1.82) is 0 Å². The normalized spacial score (nSPS) is 29.4. The average molecular weight is 375 g/mol. The van der Waals surface area contributed by atoms with E-state index in [-0.39, 0.29) is 0 Å². The SMILES string of the molecule is c1c(SCC2CO2)cc(SCC2CS2)cc1SCC1CS1. The summed E-state index contributed by atoms with van der Waals surface area (Å²) >= 11 is 10.2. The van der Waals surface area contributed by atoms with E-state index < -0.39 is 0 Å². The molecule has 0 N–H and O–H groups in total. The zero-order chi connectivity index (χ0) is 14.1. The molecule has 4 rings (SSSR count). The van der Waals surface area contributed by atoms with Crippen LogP contribution in [0.25, 0.3) is 0 Å². The number of rotatable bonds is 9. The maximum absolute atomic E-state index is 5.33. The molecule has 3 aliphatic heterocycles. The molecule has 3 aliphatic rings. The Hall–Kier alpha value is 0.930. The van der Waals surface area contributed by atoms with E-state index in [2.05, 4.69) is 41.7 Å². The Morgan fingerprint density at radius 2 is 1.29 bits per heavy atom. The summed E-state index contributed by atoms with van der Waals surface area (Å²) in [7, 11) is 0. The van der Waals surface area contributed by atoms with Gasteiger partial charge in [0.05, 0.1) is 12.7 Å².